The van der Waals surface area contributed by atoms with Crippen LogP contribution in [0.1, 0.15) is 32.6 Å². The van der Waals surface area contributed by atoms with Gasteiger partial charge < -0.3 is 9.47 Å². The SMILES string of the molecule is CCCCCC=CC(OC)OC=O. The molecule has 13 heavy (non-hydrogen) atoms. The second-order valence-electron chi connectivity index (χ2n) is 2.76. The van der Waals surface area contributed by atoms with Crippen LogP contribution in [0, 0.1) is 0 Å². The van der Waals surface area contributed by atoms with E-state index in [0.29, 0.717) is 6.47 Å². The van der Waals surface area contributed by atoms with Crippen molar-refractivity contribution in [2.75, 3.05) is 7.11 Å². The van der Waals surface area contributed by atoms with Gasteiger partial charge in [0.05, 0.1) is 0 Å². The Hall–Kier alpha value is -0.830. The van der Waals surface area contributed by atoms with Gasteiger partial charge in [-0.2, -0.15) is 0 Å². The minimum absolute atomic E-state index is 0.393. The number of rotatable bonds is 8. The zero-order valence-corrected chi connectivity index (χ0v) is 8.36. The Morgan fingerprint density at radius 3 is 2.69 bits per heavy atom. The molecule has 0 aromatic carbocycles. The molecular weight excluding hydrogens is 168 g/mol. The number of methoxy groups -OCH3 is 1. The maximum absolute atomic E-state index is 9.97. The lowest BCUT2D eigenvalue weighted by Crippen LogP contribution is -2.10. The van der Waals surface area contributed by atoms with Crippen LogP contribution in [0.5, 0.6) is 0 Å². The summed E-state index contributed by atoms with van der Waals surface area (Å²) >= 11 is 0. The summed E-state index contributed by atoms with van der Waals surface area (Å²) in [6.45, 7) is 2.56. The first-order valence-corrected chi connectivity index (χ1v) is 4.63. The van der Waals surface area contributed by atoms with Crippen LogP contribution in [0.15, 0.2) is 12.2 Å². The Morgan fingerprint density at radius 1 is 1.38 bits per heavy atom. The highest BCUT2D eigenvalue weighted by Gasteiger charge is 1.98. The Labute approximate surface area is 79.7 Å². The highest BCUT2D eigenvalue weighted by Crippen LogP contribution is 2.01. The lowest BCUT2D eigenvalue weighted by molar-refractivity contribution is -0.148. The number of carbonyl (C=O) groups excluding carboxylic acids is 1. The maximum atomic E-state index is 9.97. The summed E-state index contributed by atoms with van der Waals surface area (Å²) in [4.78, 5) is 9.97. The summed E-state index contributed by atoms with van der Waals surface area (Å²) in [5, 5.41) is 0. The average molecular weight is 186 g/mol. The third kappa shape index (κ3) is 7.53. The molecule has 0 rings (SSSR count). The van der Waals surface area contributed by atoms with Gasteiger partial charge in [0.15, 0.2) is 0 Å². The predicted octanol–water partition coefficient (Wildman–Crippen LogP) is 2.27. The van der Waals surface area contributed by atoms with Crippen LogP contribution in [-0.2, 0) is 14.3 Å². The van der Waals surface area contributed by atoms with E-state index in [9.17, 15) is 4.79 Å². The van der Waals surface area contributed by atoms with Crippen molar-refractivity contribution in [3.63, 3.8) is 0 Å². The van der Waals surface area contributed by atoms with Crippen molar-refractivity contribution in [1.29, 1.82) is 0 Å². The molecule has 0 aromatic heterocycles. The highest BCUT2D eigenvalue weighted by molar-refractivity contribution is 5.37. The van der Waals surface area contributed by atoms with E-state index in [2.05, 4.69) is 11.7 Å². The lowest BCUT2D eigenvalue weighted by Gasteiger charge is -2.06. The third-order valence-electron chi connectivity index (χ3n) is 1.69. The molecule has 0 aromatic rings. The molecule has 0 aliphatic carbocycles. The van der Waals surface area contributed by atoms with Gasteiger partial charge in [-0.3, -0.25) is 4.79 Å². The maximum Gasteiger partial charge on any atom is 0.295 e. The molecule has 3 nitrogen and oxygen atoms in total. The number of hydrogen-bond donors (Lipinski definition) is 0. The van der Waals surface area contributed by atoms with Gasteiger partial charge in [0, 0.05) is 7.11 Å². The van der Waals surface area contributed by atoms with E-state index in [1.807, 2.05) is 6.08 Å². The zero-order valence-electron chi connectivity index (χ0n) is 8.36. The minimum Gasteiger partial charge on any atom is -0.434 e. The molecule has 0 spiro atoms. The molecule has 76 valence electrons. The molecule has 0 N–H and O–H groups in total. The first kappa shape index (κ1) is 12.2. The zero-order chi connectivity index (χ0) is 9.94. The largest absolute Gasteiger partial charge is 0.434 e. The van der Waals surface area contributed by atoms with Gasteiger partial charge in [-0.15, -0.1) is 0 Å². The second-order valence-corrected chi connectivity index (χ2v) is 2.76. The smallest absolute Gasteiger partial charge is 0.295 e. The molecule has 0 saturated heterocycles. The minimum atomic E-state index is -0.529. The van der Waals surface area contributed by atoms with Crippen LogP contribution in [0.4, 0.5) is 0 Å². The standard InChI is InChI=1S/C10H18O3/c1-3-4-5-6-7-8-10(12-2)13-9-11/h7-10H,3-6H2,1-2H3. The van der Waals surface area contributed by atoms with Crippen LogP contribution < -0.4 is 0 Å². The van der Waals surface area contributed by atoms with E-state index >= 15 is 0 Å². The molecule has 0 aliphatic heterocycles. The molecule has 0 fully saturated rings. The van der Waals surface area contributed by atoms with Crippen molar-refractivity contribution in [3.8, 4) is 0 Å². The van der Waals surface area contributed by atoms with Crippen LogP contribution in [0.25, 0.3) is 0 Å². The lowest BCUT2D eigenvalue weighted by atomic mass is 10.2. The van der Waals surface area contributed by atoms with Crippen molar-refractivity contribution >= 4 is 6.47 Å². The molecule has 0 heterocycles. The van der Waals surface area contributed by atoms with Crippen molar-refractivity contribution in [3.05, 3.63) is 12.2 Å². The highest BCUT2D eigenvalue weighted by atomic mass is 16.7. The van der Waals surface area contributed by atoms with E-state index in [1.54, 1.807) is 6.08 Å². The molecule has 1 unspecified atom stereocenters. The van der Waals surface area contributed by atoms with E-state index in [-0.39, 0.29) is 0 Å². The summed E-state index contributed by atoms with van der Waals surface area (Å²) in [5.41, 5.74) is 0. The van der Waals surface area contributed by atoms with E-state index < -0.39 is 6.29 Å². The van der Waals surface area contributed by atoms with Gasteiger partial charge >= 0.3 is 0 Å². The van der Waals surface area contributed by atoms with Crippen molar-refractivity contribution in [1.82, 2.24) is 0 Å². The van der Waals surface area contributed by atoms with E-state index in [0.717, 1.165) is 6.42 Å². The Bertz CT molecular complexity index is 143. The van der Waals surface area contributed by atoms with Crippen molar-refractivity contribution < 1.29 is 14.3 Å². The molecule has 3 heteroatoms. The number of allylic oxidation sites excluding steroid dienone is 1. The molecule has 0 amide bonds. The van der Waals surface area contributed by atoms with E-state index in [4.69, 9.17) is 4.74 Å². The van der Waals surface area contributed by atoms with Crippen LogP contribution in [0.3, 0.4) is 0 Å². The number of carbonyl (C=O) groups is 1. The summed E-state index contributed by atoms with van der Waals surface area (Å²) in [6.07, 6.45) is 7.83. The van der Waals surface area contributed by atoms with Gasteiger partial charge in [0.2, 0.25) is 6.29 Å². The summed E-state index contributed by atoms with van der Waals surface area (Å²) in [6, 6.07) is 0. The second kappa shape index (κ2) is 9.26. The number of unbranched alkanes of at least 4 members (excludes halogenated alkanes) is 3. The summed E-state index contributed by atoms with van der Waals surface area (Å²) < 4.78 is 9.47. The van der Waals surface area contributed by atoms with Gasteiger partial charge in [-0.05, 0) is 18.9 Å². The fourth-order valence-electron chi connectivity index (χ4n) is 0.954. The molecular formula is C10H18O3. The molecule has 0 aliphatic rings. The predicted molar refractivity (Wildman–Crippen MR) is 51.2 cm³/mol. The Kier molecular flexibility index (Phi) is 8.67. The van der Waals surface area contributed by atoms with Crippen molar-refractivity contribution in [2.45, 2.75) is 38.9 Å². The fourth-order valence-corrected chi connectivity index (χ4v) is 0.954. The quantitative estimate of drug-likeness (QED) is 0.252. The molecule has 1 atom stereocenters. The van der Waals surface area contributed by atoms with Gasteiger partial charge in [0.1, 0.15) is 0 Å². The first-order valence-electron chi connectivity index (χ1n) is 4.63. The monoisotopic (exact) mass is 186 g/mol. The average Bonchev–Trinajstić information content (AvgIpc) is 2.16. The van der Waals surface area contributed by atoms with Crippen molar-refractivity contribution in [2.24, 2.45) is 0 Å². The van der Waals surface area contributed by atoms with Gasteiger partial charge in [-0.1, -0.05) is 25.8 Å². The fraction of sp³-hybridized carbons (Fsp3) is 0.700. The third-order valence-corrected chi connectivity index (χ3v) is 1.69. The van der Waals surface area contributed by atoms with Gasteiger partial charge in [-0.25, -0.2) is 0 Å². The van der Waals surface area contributed by atoms with Crippen LogP contribution in [-0.4, -0.2) is 19.9 Å². The van der Waals surface area contributed by atoms with E-state index in [1.165, 1.54) is 26.4 Å². The molecule has 0 saturated carbocycles. The summed E-state index contributed by atoms with van der Waals surface area (Å²) in [5.74, 6) is 0. The van der Waals surface area contributed by atoms with Crippen LogP contribution in [0.2, 0.25) is 0 Å². The number of hydrogen-bond acceptors (Lipinski definition) is 3. The number of ether oxygens (including phenoxy) is 2. The molecule has 0 bridgehead atoms. The normalized spacial score (nSPS) is 13.1. The Balaban J connectivity index is 3.48. The topological polar surface area (TPSA) is 35.5 Å². The van der Waals surface area contributed by atoms with Gasteiger partial charge in [0.25, 0.3) is 6.47 Å². The summed E-state index contributed by atoms with van der Waals surface area (Å²) in [7, 11) is 1.50. The first-order chi connectivity index (χ1) is 6.35. The Morgan fingerprint density at radius 2 is 2.15 bits per heavy atom. The van der Waals surface area contributed by atoms with Crippen LogP contribution >= 0.6 is 0 Å². The molecule has 0 radical (unpaired) electrons.